The number of halogens is 1. The summed E-state index contributed by atoms with van der Waals surface area (Å²) in [6.45, 7) is 1.77. The standard InChI is InChI=1S/C25H26FNO4S/c1-16-5-11-21-18(13-16)6-12-23-25(21,32(30,31)20-9-7-19(26)8-10-20)14-22(17-3-2-4-17)27(23)15-24(28)29/h5,7-11,13,23H,2-4,6,12,14-15H2,1H3,(H,28,29). The number of aryl methyl sites for hydroxylation is 2. The Morgan fingerprint density at radius 3 is 2.50 bits per heavy atom. The second kappa shape index (κ2) is 7.44. The molecule has 3 aliphatic rings. The quantitative estimate of drug-likeness (QED) is 0.694. The number of allylic oxidation sites excluding steroid dienone is 2. The van der Waals surface area contributed by atoms with Gasteiger partial charge in [-0.3, -0.25) is 4.79 Å². The van der Waals surface area contributed by atoms with Crippen LogP contribution >= 0.6 is 0 Å². The van der Waals surface area contributed by atoms with Crippen LogP contribution in [0.3, 0.4) is 0 Å². The number of rotatable bonds is 4. The third-order valence-corrected chi connectivity index (χ3v) is 9.86. The highest BCUT2D eigenvalue weighted by atomic mass is 32.2. The smallest absolute Gasteiger partial charge is 0.323 e. The number of likely N-dealkylation sites (tertiary alicyclic amines) is 1. The minimum absolute atomic E-state index is 0.0764. The summed E-state index contributed by atoms with van der Waals surface area (Å²) in [6, 6.07) is 10.4. The first-order chi connectivity index (χ1) is 15.2. The van der Waals surface area contributed by atoms with E-state index in [0.29, 0.717) is 12.8 Å². The minimum atomic E-state index is -3.96. The number of carboxylic acids is 1. The number of carboxylic acid groups (broad SMARTS) is 1. The van der Waals surface area contributed by atoms with Gasteiger partial charge < -0.3 is 10.0 Å². The third kappa shape index (κ3) is 3.01. The molecule has 1 saturated carbocycles. The van der Waals surface area contributed by atoms with Crippen molar-refractivity contribution in [2.24, 2.45) is 0 Å². The monoisotopic (exact) mass is 455 g/mol. The van der Waals surface area contributed by atoms with E-state index in [2.05, 4.69) is 0 Å². The summed E-state index contributed by atoms with van der Waals surface area (Å²) in [5.74, 6) is -1.46. The molecular weight excluding hydrogens is 429 g/mol. The molecule has 1 saturated heterocycles. The molecule has 2 fully saturated rings. The Morgan fingerprint density at radius 1 is 1.16 bits per heavy atom. The van der Waals surface area contributed by atoms with Gasteiger partial charge in [-0.25, -0.2) is 12.8 Å². The van der Waals surface area contributed by atoms with Gasteiger partial charge >= 0.3 is 5.97 Å². The van der Waals surface area contributed by atoms with Crippen molar-refractivity contribution in [1.29, 1.82) is 0 Å². The maximum Gasteiger partial charge on any atom is 0.323 e. The van der Waals surface area contributed by atoms with Crippen LogP contribution in [0.15, 0.2) is 58.6 Å². The van der Waals surface area contributed by atoms with E-state index in [1.807, 2.05) is 30.0 Å². The van der Waals surface area contributed by atoms with E-state index in [9.17, 15) is 22.7 Å². The average Bonchev–Trinajstić information content (AvgIpc) is 3.02. The number of fused-ring (bicyclic) bond motifs is 3. The number of aliphatic carboxylic acids is 1. The van der Waals surface area contributed by atoms with E-state index in [0.717, 1.165) is 41.6 Å². The molecule has 7 heteroatoms. The number of hydrogen-bond donors (Lipinski definition) is 1. The Kier molecular flexibility index (Phi) is 4.93. The van der Waals surface area contributed by atoms with Crippen LogP contribution in [-0.2, 0) is 25.8 Å². The van der Waals surface area contributed by atoms with Gasteiger partial charge in [0.1, 0.15) is 17.1 Å². The summed E-state index contributed by atoms with van der Waals surface area (Å²) in [4.78, 5) is 13.7. The number of hydrogen-bond acceptors (Lipinski definition) is 4. The molecule has 2 aliphatic carbocycles. The van der Waals surface area contributed by atoms with Crippen molar-refractivity contribution in [3.63, 3.8) is 0 Å². The predicted octanol–water partition coefficient (Wildman–Crippen LogP) is 4.35. The van der Waals surface area contributed by atoms with Crippen LogP contribution in [-0.4, -0.2) is 37.0 Å². The van der Waals surface area contributed by atoms with Crippen molar-refractivity contribution in [3.8, 4) is 0 Å². The fourth-order valence-corrected chi connectivity index (χ4v) is 8.10. The van der Waals surface area contributed by atoms with Crippen molar-refractivity contribution >= 4 is 15.8 Å². The van der Waals surface area contributed by atoms with E-state index in [1.165, 1.54) is 29.8 Å². The second-order valence-corrected chi connectivity index (χ2v) is 11.4. The van der Waals surface area contributed by atoms with Crippen LogP contribution in [0.4, 0.5) is 4.39 Å². The Balaban J connectivity index is 1.78. The first kappa shape index (κ1) is 21.2. The average molecular weight is 456 g/mol. The van der Waals surface area contributed by atoms with Gasteiger partial charge in [0.25, 0.3) is 0 Å². The topological polar surface area (TPSA) is 74.7 Å². The molecule has 0 amide bonds. The highest BCUT2D eigenvalue weighted by molar-refractivity contribution is 7.92. The van der Waals surface area contributed by atoms with Crippen LogP contribution in [0.1, 0.15) is 48.8 Å². The van der Waals surface area contributed by atoms with Crippen LogP contribution < -0.4 is 0 Å². The molecule has 0 bridgehead atoms. The molecule has 0 radical (unpaired) electrons. The van der Waals surface area contributed by atoms with Crippen LogP contribution in [0.5, 0.6) is 0 Å². The van der Waals surface area contributed by atoms with Gasteiger partial charge in [0, 0.05) is 12.1 Å². The van der Waals surface area contributed by atoms with Gasteiger partial charge in [-0.1, -0.05) is 29.3 Å². The highest BCUT2D eigenvalue weighted by Crippen LogP contribution is 2.57. The van der Waals surface area contributed by atoms with Crippen LogP contribution in [0, 0.1) is 12.7 Å². The van der Waals surface area contributed by atoms with E-state index in [-0.39, 0.29) is 17.9 Å². The molecule has 1 aliphatic heterocycles. The molecule has 2 unspecified atom stereocenters. The normalized spacial score (nSPS) is 24.7. The minimum Gasteiger partial charge on any atom is -0.480 e. The Morgan fingerprint density at radius 2 is 1.88 bits per heavy atom. The van der Waals surface area contributed by atoms with Crippen molar-refractivity contribution in [2.75, 3.05) is 6.54 Å². The van der Waals surface area contributed by atoms with Gasteiger partial charge in [0.05, 0.1) is 10.9 Å². The van der Waals surface area contributed by atoms with Gasteiger partial charge in [-0.2, -0.15) is 0 Å². The Labute approximate surface area is 187 Å². The van der Waals surface area contributed by atoms with Crippen molar-refractivity contribution < 1.29 is 22.7 Å². The molecule has 2 atom stereocenters. The lowest BCUT2D eigenvalue weighted by molar-refractivity contribution is -0.138. The van der Waals surface area contributed by atoms with Crippen LogP contribution in [0.25, 0.3) is 0 Å². The molecule has 5 rings (SSSR count). The third-order valence-electron chi connectivity index (χ3n) is 7.37. The Hall–Kier alpha value is -2.67. The number of benzene rings is 2. The maximum absolute atomic E-state index is 14.3. The summed E-state index contributed by atoms with van der Waals surface area (Å²) in [6.07, 6.45) is 4.31. The summed E-state index contributed by atoms with van der Waals surface area (Å²) >= 11 is 0. The zero-order valence-electron chi connectivity index (χ0n) is 18.0. The first-order valence-electron chi connectivity index (χ1n) is 11.0. The zero-order chi connectivity index (χ0) is 22.7. The molecule has 1 N–H and O–H groups in total. The summed E-state index contributed by atoms with van der Waals surface area (Å²) < 4.78 is 41.0. The zero-order valence-corrected chi connectivity index (χ0v) is 18.8. The lowest BCUT2D eigenvalue weighted by Crippen LogP contribution is -2.51. The maximum atomic E-state index is 14.3. The lowest BCUT2D eigenvalue weighted by Gasteiger charge is -2.42. The molecule has 168 valence electrons. The second-order valence-electron chi connectivity index (χ2n) is 9.16. The molecule has 2 aromatic rings. The largest absolute Gasteiger partial charge is 0.480 e. The Bertz CT molecular complexity index is 1230. The number of nitrogens with zero attached hydrogens (tertiary/aromatic N) is 1. The van der Waals surface area contributed by atoms with Crippen molar-refractivity contribution in [3.05, 3.63) is 76.2 Å². The number of carbonyl (C=O) groups is 1. The van der Waals surface area contributed by atoms with E-state index >= 15 is 0 Å². The predicted molar refractivity (Wildman–Crippen MR) is 118 cm³/mol. The molecule has 32 heavy (non-hydrogen) atoms. The first-order valence-corrected chi connectivity index (χ1v) is 12.5. The van der Waals surface area contributed by atoms with Gasteiger partial charge in [-0.05, 0) is 74.4 Å². The fraction of sp³-hybridized carbons (Fsp3) is 0.400. The summed E-state index contributed by atoms with van der Waals surface area (Å²) in [7, 11) is -3.96. The molecule has 0 aromatic heterocycles. The molecule has 0 spiro atoms. The van der Waals surface area contributed by atoms with Gasteiger partial charge in [-0.15, -0.1) is 0 Å². The van der Waals surface area contributed by atoms with Crippen LogP contribution in [0.2, 0.25) is 0 Å². The van der Waals surface area contributed by atoms with Crippen molar-refractivity contribution in [2.45, 2.75) is 61.1 Å². The number of sulfone groups is 1. The molecular formula is C25H26FNO4S. The van der Waals surface area contributed by atoms with Crippen molar-refractivity contribution in [1.82, 2.24) is 4.90 Å². The van der Waals surface area contributed by atoms with Gasteiger partial charge in [0.15, 0.2) is 9.84 Å². The van der Waals surface area contributed by atoms with E-state index in [1.54, 1.807) is 0 Å². The lowest BCUT2D eigenvalue weighted by atomic mass is 9.77. The fourth-order valence-electron chi connectivity index (χ4n) is 5.77. The highest BCUT2D eigenvalue weighted by Gasteiger charge is 2.62. The summed E-state index contributed by atoms with van der Waals surface area (Å²) in [5, 5.41) is 9.67. The summed E-state index contributed by atoms with van der Waals surface area (Å²) in [5.41, 5.74) is 4.87. The van der Waals surface area contributed by atoms with Gasteiger partial charge in [0.2, 0.25) is 0 Å². The molecule has 1 heterocycles. The van der Waals surface area contributed by atoms with E-state index < -0.39 is 32.4 Å². The van der Waals surface area contributed by atoms with E-state index in [4.69, 9.17) is 0 Å². The molecule has 5 nitrogen and oxygen atoms in total. The SMILES string of the molecule is Cc1ccc2c(c1)CCC1N(CC(=O)O)C(=C3CCC3)CC21S(=O)(=O)c1ccc(F)cc1. The molecule has 2 aromatic carbocycles.